The van der Waals surface area contributed by atoms with E-state index in [0.29, 0.717) is 6.04 Å². The van der Waals surface area contributed by atoms with Gasteiger partial charge >= 0.3 is 0 Å². The number of rotatable bonds is 4. The Hall–Kier alpha value is -0.450. The minimum absolute atomic E-state index is 0.675. The number of aryl methyl sites for hydroxylation is 1. The molecule has 4 heteroatoms. The van der Waals surface area contributed by atoms with Gasteiger partial charge in [-0.05, 0) is 45.8 Å². The van der Waals surface area contributed by atoms with Gasteiger partial charge in [0.1, 0.15) is 5.01 Å². The monoisotopic (exact) mass is 253 g/mol. The Bertz CT molecular complexity index is 337. The molecule has 1 fully saturated rings. The van der Waals surface area contributed by atoms with E-state index in [1.54, 1.807) is 0 Å². The van der Waals surface area contributed by atoms with Crippen molar-refractivity contribution in [2.75, 3.05) is 20.1 Å². The minimum Gasteiger partial charge on any atom is -0.308 e. The van der Waals surface area contributed by atoms with Crippen LogP contribution in [-0.2, 0) is 13.0 Å². The molecule has 2 heterocycles. The number of aromatic nitrogens is 1. The first-order valence-electron chi connectivity index (χ1n) is 6.63. The van der Waals surface area contributed by atoms with Crippen LogP contribution in [0, 0.1) is 0 Å². The maximum atomic E-state index is 4.46. The summed E-state index contributed by atoms with van der Waals surface area (Å²) in [6.07, 6.45) is 7.00. The maximum Gasteiger partial charge on any atom is 0.107 e. The first-order valence-corrected chi connectivity index (χ1v) is 7.45. The van der Waals surface area contributed by atoms with E-state index in [1.165, 1.54) is 42.2 Å². The molecule has 0 aromatic carbocycles. The van der Waals surface area contributed by atoms with Crippen LogP contribution in [0.25, 0.3) is 0 Å². The van der Waals surface area contributed by atoms with Gasteiger partial charge in [-0.2, -0.15) is 0 Å². The van der Waals surface area contributed by atoms with Crippen LogP contribution in [0.4, 0.5) is 0 Å². The van der Waals surface area contributed by atoms with Gasteiger partial charge in [-0.15, -0.1) is 11.3 Å². The van der Waals surface area contributed by atoms with Crippen LogP contribution in [0.3, 0.4) is 0 Å². The van der Waals surface area contributed by atoms with Gasteiger partial charge in [0.15, 0.2) is 0 Å². The molecule has 1 unspecified atom stereocenters. The van der Waals surface area contributed by atoms with Gasteiger partial charge in [-0.3, -0.25) is 0 Å². The number of thiazole rings is 1. The van der Waals surface area contributed by atoms with Crippen LogP contribution in [0.1, 0.15) is 36.1 Å². The van der Waals surface area contributed by atoms with E-state index in [1.807, 2.05) is 17.5 Å². The van der Waals surface area contributed by atoms with Gasteiger partial charge in [-0.1, -0.05) is 6.92 Å². The van der Waals surface area contributed by atoms with Crippen molar-refractivity contribution in [2.45, 2.75) is 45.2 Å². The molecule has 1 aromatic heterocycles. The van der Waals surface area contributed by atoms with Crippen LogP contribution in [-0.4, -0.2) is 36.1 Å². The second-order valence-corrected chi connectivity index (χ2v) is 6.09. The highest BCUT2D eigenvalue weighted by molar-refractivity contribution is 7.11. The number of hydrogen-bond donors (Lipinski definition) is 1. The minimum atomic E-state index is 0.675. The van der Waals surface area contributed by atoms with Crippen LogP contribution in [0.15, 0.2) is 6.20 Å². The summed E-state index contributed by atoms with van der Waals surface area (Å²) < 4.78 is 0. The summed E-state index contributed by atoms with van der Waals surface area (Å²) in [7, 11) is 2.22. The summed E-state index contributed by atoms with van der Waals surface area (Å²) in [6.45, 7) is 5.59. The van der Waals surface area contributed by atoms with Crippen LogP contribution in [0.2, 0.25) is 0 Å². The lowest BCUT2D eigenvalue weighted by Crippen LogP contribution is -2.29. The third-order valence-corrected chi connectivity index (χ3v) is 4.59. The van der Waals surface area contributed by atoms with Crippen molar-refractivity contribution in [3.8, 4) is 0 Å². The van der Waals surface area contributed by atoms with Gasteiger partial charge in [0.2, 0.25) is 0 Å². The van der Waals surface area contributed by atoms with Crippen molar-refractivity contribution in [2.24, 2.45) is 0 Å². The third kappa shape index (κ3) is 4.05. The molecular formula is C13H23N3S. The Morgan fingerprint density at radius 3 is 3.12 bits per heavy atom. The molecule has 17 heavy (non-hydrogen) atoms. The van der Waals surface area contributed by atoms with E-state index >= 15 is 0 Å². The van der Waals surface area contributed by atoms with Gasteiger partial charge in [0.05, 0.1) is 0 Å². The zero-order valence-electron chi connectivity index (χ0n) is 10.9. The third-order valence-electron chi connectivity index (χ3n) is 3.44. The molecule has 1 atom stereocenters. The quantitative estimate of drug-likeness (QED) is 0.892. The molecule has 2 rings (SSSR count). The molecule has 0 saturated carbocycles. The number of nitrogens with zero attached hydrogens (tertiary/aromatic N) is 2. The maximum absolute atomic E-state index is 4.46. The molecule has 0 aliphatic carbocycles. The standard InChI is InChI=1S/C13H23N3S/c1-3-12-9-15-13(17-12)10-14-11-5-4-7-16(2)8-6-11/h9,11,14H,3-8,10H2,1-2H3. The van der Waals surface area contributed by atoms with Gasteiger partial charge in [-0.25, -0.2) is 4.98 Å². The van der Waals surface area contributed by atoms with Crippen molar-refractivity contribution < 1.29 is 0 Å². The van der Waals surface area contributed by atoms with Crippen molar-refractivity contribution in [1.29, 1.82) is 0 Å². The van der Waals surface area contributed by atoms with Crippen molar-refractivity contribution in [3.05, 3.63) is 16.1 Å². The molecule has 1 saturated heterocycles. The molecule has 1 N–H and O–H groups in total. The molecule has 1 aliphatic heterocycles. The fraction of sp³-hybridized carbons (Fsp3) is 0.769. The normalized spacial score (nSPS) is 22.6. The Morgan fingerprint density at radius 2 is 2.35 bits per heavy atom. The number of nitrogens with one attached hydrogen (secondary N) is 1. The highest BCUT2D eigenvalue weighted by Gasteiger charge is 2.14. The van der Waals surface area contributed by atoms with E-state index < -0.39 is 0 Å². The average molecular weight is 253 g/mol. The highest BCUT2D eigenvalue weighted by atomic mass is 32.1. The summed E-state index contributed by atoms with van der Waals surface area (Å²) in [5.41, 5.74) is 0. The second-order valence-electron chi connectivity index (χ2n) is 4.89. The largest absolute Gasteiger partial charge is 0.308 e. The first kappa shape index (κ1) is 13.0. The van der Waals surface area contributed by atoms with E-state index in [4.69, 9.17) is 0 Å². The van der Waals surface area contributed by atoms with Crippen molar-refractivity contribution in [3.63, 3.8) is 0 Å². The Kier molecular flexibility index (Phi) is 4.95. The molecule has 3 nitrogen and oxygen atoms in total. The van der Waals surface area contributed by atoms with Crippen LogP contribution >= 0.6 is 11.3 Å². The van der Waals surface area contributed by atoms with E-state index in [9.17, 15) is 0 Å². The zero-order chi connectivity index (χ0) is 12.1. The SMILES string of the molecule is CCc1cnc(CNC2CCCN(C)CC2)s1. The Labute approximate surface area is 108 Å². The van der Waals surface area contributed by atoms with Gasteiger partial charge in [0.25, 0.3) is 0 Å². The topological polar surface area (TPSA) is 28.2 Å². The smallest absolute Gasteiger partial charge is 0.107 e. The molecule has 0 bridgehead atoms. The summed E-state index contributed by atoms with van der Waals surface area (Å²) in [5.74, 6) is 0. The lowest BCUT2D eigenvalue weighted by atomic mass is 10.1. The lowest BCUT2D eigenvalue weighted by Gasteiger charge is -2.15. The number of likely N-dealkylation sites (tertiary alicyclic amines) is 1. The van der Waals surface area contributed by atoms with Crippen molar-refractivity contribution >= 4 is 11.3 Å². The second kappa shape index (κ2) is 6.47. The predicted octanol–water partition coefficient (Wildman–Crippen LogP) is 2.28. The molecule has 0 amide bonds. The molecule has 0 spiro atoms. The summed E-state index contributed by atoms with van der Waals surface area (Å²) >= 11 is 1.84. The number of hydrogen-bond acceptors (Lipinski definition) is 4. The molecular weight excluding hydrogens is 230 g/mol. The van der Waals surface area contributed by atoms with Gasteiger partial charge < -0.3 is 10.2 Å². The molecule has 0 radical (unpaired) electrons. The van der Waals surface area contributed by atoms with E-state index in [-0.39, 0.29) is 0 Å². The molecule has 96 valence electrons. The molecule has 1 aliphatic rings. The van der Waals surface area contributed by atoms with E-state index in [0.717, 1.165) is 13.0 Å². The lowest BCUT2D eigenvalue weighted by molar-refractivity contribution is 0.343. The fourth-order valence-electron chi connectivity index (χ4n) is 2.27. The van der Waals surface area contributed by atoms with Crippen LogP contribution in [0.5, 0.6) is 0 Å². The molecule has 1 aromatic rings. The first-order chi connectivity index (χ1) is 8.28. The Balaban J connectivity index is 1.77. The highest BCUT2D eigenvalue weighted by Crippen LogP contribution is 2.15. The summed E-state index contributed by atoms with van der Waals surface area (Å²) in [6, 6.07) is 0.675. The van der Waals surface area contributed by atoms with Crippen molar-refractivity contribution in [1.82, 2.24) is 15.2 Å². The summed E-state index contributed by atoms with van der Waals surface area (Å²) in [5, 5.41) is 4.89. The average Bonchev–Trinajstić information content (AvgIpc) is 2.70. The van der Waals surface area contributed by atoms with Gasteiger partial charge in [0, 0.05) is 23.7 Å². The van der Waals surface area contributed by atoms with E-state index in [2.05, 4.69) is 29.2 Å². The fourth-order valence-corrected chi connectivity index (χ4v) is 3.08. The zero-order valence-corrected chi connectivity index (χ0v) is 11.7. The predicted molar refractivity (Wildman–Crippen MR) is 73.5 cm³/mol. The summed E-state index contributed by atoms with van der Waals surface area (Å²) in [4.78, 5) is 8.28. The Morgan fingerprint density at radius 1 is 1.47 bits per heavy atom. The van der Waals surface area contributed by atoms with Crippen LogP contribution < -0.4 is 5.32 Å².